The number of hydrogen-bond donors (Lipinski definition) is 0. The minimum Gasteiger partial charge on any atom is -0.458 e. The van der Waals surface area contributed by atoms with Gasteiger partial charge < -0.3 is 9.47 Å². The maximum absolute atomic E-state index is 13.5. The van der Waals surface area contributed by atoms with Crippen LogP contribution in [0.25, 0.3) is 0 Å². The van der Waals surface area contributed by atoms with Crippen LogP contribution < -0.4 is 0 Å². The highest BCUT2D eigenvalue weighted by molar-refractivity contribution is 5.97. The van der Waals surface area contributed by atoms with Crippen LogP contribution in [-0.4, -0.2) is 23.5 Å². The van der Waals surface area contributed by atoms with Crippen LogP contribution in [0.5, 0.6) is 0 Å². The first-order valence-electron chi connectivity index (χ1n) is 11.1. The first kappa shape index (κ1) is 19.9. The summed E-state index contributed by atoms with van der Waals surface area (Å²) >= 11 is 0. The van der Waals surface area contributed by atoms with Crippen molar-refractivity contribution in [1.82, 2.24) is 0 Å². The van der Waals surface area contributed by atoms with E-state index in [1.54, 1.807) is 6.92 Å². The van der Waals surface area contributed by atoms with Crippen LogP contribution in [0, 0.1) is 34.5 Å². The summed E-state index contributed by atoms with van der Waals surface area (Å²) in [6.45, 7) is 7.74. The van der Waals surface area contributed by atoms with Gasteiger partial charge >= 0.3 is 17.9 Å². The number of esters is 3. The smallest absolute Gasteiger partial charge is 0.320 e. The van der Waals surface area contributed by atoms with Crippen LogP contribution >= 0.6 is 0 Å². The van der Waals surface area contributed by atoms with Gasteiger partial charge in [0.2, 0.25) is 0 Å². The highest BCUT2D eigenvalue weighted by Crippen LogP contribution is 2.61. The van der Waals surface area contributed by atoms with Gasteiger partial charge in [-0.1, -0.05) is 13.8 Å². The molecule has 0 aromatic carbocycles. The number of carbonyl (C=O) groups excluding carboxylic acids is 3. The van der Waals surface area contributed by atoms with Crippen molar-refractivity contribution in [1.29, 1.82) is 0 Å². The summed E-state index contributed by atoms with van der Waals surface area (Å²) in [4.78, 5) is 37.4. The first-order valence-corrected chi connectivity index (χ1v) is 11.1. The molecule has 1 saturated heterocycles. The van der Waals surface area contributed by atoms with Crippen LogP contribution in [0.15, 0.2) is 0 Å². The number of rotatable bonds is 6. The van der Waals surface area contributed by atoms with E-state index in [0.29, 0.717) is 24.7 Å². The summed E-state index contributed by atoms with van der Waals surface area (Å²) in [5.41, 5.74) is -2.08. The average molecular weight is 391 g/mol. The highest BCUT2D eigenvalue weighted by atomic mass is 16.6. The Labute approximate surface area is 167 Å². The van der Waals surface area contributed by atoms with Crippen LogP contribution in [-0.2, 0) is 23.9 Å². The van der Waals surface area contributed by atoms with Crippen LogP contribution in [0.3, 0.4) is 0 Å². The van der Waals surface area contributed by atoms with Gasteiger partial charge in [-0.2, -0.15) is 0 Å². The zero-order valence-electron chi connectivity index (χ0n) is 17.7. The van der Waals surface area contributed by atoms with E-state index in [1.807, 2.05) is 13.8 Å². The molecule has 4 aliphatic carbocycles. The van der Waals surface area contributed by atoms with Crippen LogP contribution in [0.1, 0.15) is 85.5 Å². The molecular formula is C23H34O5. The molecule has 5 aliphatic rings. The van der Waals surface area contributed by atoms with Crippen molar-refractivity contribution in [3.8, 4) is 0 Å². The molecule has 5 fully saturated rings. The van der Waals surface area contributed by atoms with Gasteiger partial charge in [-0.05, 0) is 88.9 Å². The number of ether oxygens (including phenoxy) is 2. The van der Waals surface area contributed by atoms with Gasteiger partial charge in [0.05, 0.1) is 17.3 Å². The molecule has 0 N–H and O–H groups in total. The predicted molar refractivity (Wildman–Crippen MR) is 103 cm³/mol. The van der Waals surface area contributed by atoms with E-state index in [4.69, 9.17) is 9.47 Å². The van der Waals surface area contributed by atoms with E-state index in [2.05, 4.69) is 6.92 Å². The molecule has 0 spiro atoms. The lowest BCUT2D eigenvalue weighted by atomic mass is 9.49. The molecule has 0 aromatic heterocycles. The molecule has 4 bridgehead atoms. The molecule has 5 heteroatoms. The first-order chi connectivity index (χ1) is 13.1. The SMILES string of the molecule is CCC(C)(CC1(C)CC(=O)OC1=O)C(=O)OC1(CC)C2CC3CC(C2)CC1C3. The Balaban J connectivity index is 1.55. The Bertz CT molecular complexity index is 669. The van der Waals surface area contributed by atoms with E-state index in [1.165, 1.54) is 32.1 Å². The van der Waals surface area contributed by atoms with Crippen LogP contribution in [0.4, 0.5) is 0 Å². The van der Waals surface area contributed by atoms with Crippen molar-refractivity contribution in [2.75, 3.05) is 0 Å². The number of cyclic esters (lactones) is 2. The van der Waals surface area contributed by atoms with Gasteiger partial charge in [0.25, 0.3) is 0 Å². The van der Waals surface area contributed by atoms with E-state index in [-0.39, 0.29) is 18.0 Å². The summed E-state index contributed by atoms with van der Waals surface area (Å²) in [6, 6.07) is 0. The molecule has 0 radical (unpaired) electrons. The Hall–Kier alpha value is -1.39. The van der Waals surface area contributed by atoms with Gasteiger partial charge in [-0.25, -0.2) is 0 Å². The van der Waals surface area contributed by atoms with E-state index in [9.17, 15) is 14.4 Å². The zero-order valence-corrected chi connectivity index (χ0v) is 17.7. The van der Waals surface area contributed by atoms with Gasteiger partial charge in [-0.15, -0.1) is 0 Å². The Morgan fingerprint density at radius 3 is 2.11 bits per heavy atom. The highest BCUT2D eigenvalue weighted by Gasteiger charge is 2.60. The molecule has 0 amide bonds. The topological polar surface area (TPSA) is 69.7 Å². The molecule has 5 nitrogen and oxygen atoms in total. The summed E-state index contributed by atoms with van der Waals surface area (Å²) < 4.78 is 11.2. The summed E-state index contributed by atoms with van der Waals surface area (Å²) in [5.74, 6) is 1.39. The summed E-state index contributed by atoms with van der Waals surface area (Å²) in [7, 11) is 0. The molecule has 28 heavy (non-hydrogen) atoms. The third-order valence-corrected chi connectivity index (χ3v) is 8.64. The van der Waals surface area contributed by atoms with Gasteiger partial charge in [0.1, 0.15) is 5.60 Å². The van der Waals surface area contributed by atoms with Crippen molar-refractivity contribution in [2.24, 2.45) is 34.5 Å². The zero-order chi connectivity index (χ0) is 20.3. The quantitative estimate of drug-likeness (QED) is 0.496. The molecule has 2 atom stereocenters. The summed E-state index contributed by atoms with van der Waals surface area (Å²) in [5, 5.41) is 0. The second kappa shape index (κ2) is 6.56. The molecule has 156 valence electrons. The second-order valence-corrected chi connectivity index (χ2v) is 10.6. The molecule has 1 heterocycles. The third kappa shape index (κ3) is 2.91. The minimum atomic E-state index is -0.940. The van der Waals surface area contributed by atoms with Crippen molar-refractivity contribution >= 4 is 17.9 Å². The standard InChI is InChI=1S/C23H34O5/c1-5-21(3,13-22(4)12-18(24)27-19(22)25)20(26)28-23(6-2)16-8-14-7-15(10-16)11-17(23)9-14/h14-17H,5-13H2,1-4H3. The summed E-state index contributed by atoms with van der Waals surface area (Å²) in [6.07, 6.45) is 7.90. The largest absolute Gasteiger partial charge is 0.458 e. The monoisotopic (exact) mass is 390 g/mol. The van der Waals surface area contributed by atoms with Crippen LogP contribution in [0.2, 0.25) is 0 Å². The molecule has 1 aliphatic heterocycles. The maximum Gasteiger partial charge on any atom is 0.320 e. The van der Waals surface area contributed by atoms with Gasteiger partial charge in [0.15, 0.2) is 0 Å². The molecule has 4 saturated carbocycles. The van der Waals surface area contributed by atoms with E-state index >= 15 is 0 Å². The second-order valence-electron chi connectivity index (χ2n) is 10.6. The van der Waals surface area contributed by atoms with Crippen molar-refractivity contribution in [3.05, 3.63) is 0 Å². The van der Waals surface area contributed by atoms with Gasteiger partial charge in [0, 0.05) is 0 Å². The van der Waals surface area contributed by atoms with E-state index in [0.717, 1.165) is 18.3 Å². The number of carbonyl (C=O) groups is 3. The third-order valence-electron chi connectivity index (χ3n) is 8.64. The fraction of sp³-hybridized carbons (Fsp3) is 0.870. The molecule has 5 rings (SSSR count). The van der Waals surface area contributed by atoms with Crippen molar-refractivity contribution in [2.45, 2.75) is 91.1 Å². The lowest BCUT2D eigenvalue weighted by Gasteiger charge is -2.60. The molecule has 2 unspecified atom stereocenters. The lowest BCUT2D eigenvalue weighted by Crippen LogP contribution is -2.60. The molecular weight excluding hydrogens is 356 g/mol. The number of hydrogen-bond acceptors (Lipinski definition) is 5. The van der Waals surface area contributed by atoms with E-state index < -0.39 is 22.8 Å². The average Bonchev–Trinajstić information content (AvgIpc) is 2.88. The Morgan fingerprint density at radius 1 is 1.11 bits per heavy atom. The van der Waals surface area contributed by atoms with Crippen molar-refractivity contribution in [3.63, 3.8) is 0 Å². The molecule has 0 aromatic rings. The Morgan fingerprint density at radius 2 is 1.68 bits per heavy atom. The van der Waals surface area contributed by atoms with Crippen molar-refractivity contribution < 1.29 is 23.9 Å². The lowest BCUT2D eigenvalue weighted by molar-refractivity contribution is -0.220. The fourth-order valence-corrected chi connectivity index (χ4v) is 7.08. The Kier molecular flexibility index (Phi) is 4.67. The predicted octanol–water partition coefficient (Wildman–Crippen LogP) is 4.42. The fourth-order valence-electron chi connectivity index (χ4n) is 7.08. The van der Waals surface area contributed by atoms with Gasteiger partial charge in [-0.3, -0.25) is 14.4 Å². The normalized spacial score (nSPS) is 43.7. The minimum absolute atomic E-state index is 0.0439. The maximum atomic E-state index is 13.5.